The molecule has 0 aromatic rings. The van der Waals surface area contributed by atoms with Crippen molar-refractivity contribution in [3.63, 3.8) is 0 Å². The number of hydrogen-bond acceptors (Lipinski definition) is 5. The van der Waals surface area contributed by atoms with E-state index in [1.807, 2.05) is 0 Å². The van der Waals surface area contributed by atoms with Crippen LogP contribution in [0.4, 0.5) is 0 Å². The molecule has 2 aliphatic rings. The Balaban J connectivity index is 2.25. The van der Waals surface area contributed by atoms with Gasteiger partial charge in [0, 0.05) is 5.92 Å². The summed E-state index contributed by atoms with van der Waals surface area (Å²) in [6.07, 6.45) is -1.81. The molecule has 154 valence electrons. The fraction of sp³-hybridized carbons (Fsp3) is 1.00. The molecule has 26 heavy (non-hydrogen) atoms. The van der Waals surface area contributed by atoms with Gasteiger partial charge in [0.1, 0.15) is 18.3 Å². The van der Waals surface area contributed by atoms with Crippen LogP contribution >= 0.6 is 0 Å². The lowest BCUT2D eigenvalue weighted by molar-refractivity contribution is -0.0941. The first-order valence-electron chi connectivity index (χ1n) is 9.83. The van der Waals surface area contributed by atoms with E-state index in [2.05, 4.69) is 67.7 Å². The van der Waals surface area contributed by atoms with Gasteiger partial charge in [-0.25, -0.2) is 0 Å². The predicted octanol–water partition coefficient (Wildman–Crippen LogP) is 3.52. The van der Waals surface area contributed by atoms with E-state index in [-0.39, 0.29) is 40.9 Å². The summed E-state index contributed by atoms with van der Waals surface area (Å²) in [5.41, 5.74) is 0. The van der Waals surface area contributed by atoms with Gasteiger partial charge in [0.05, 0.1) is 18.8 Å². The standard InChI is InChI=1S/C19H40O5Si2/c1-18(2,3)25(7,8)23-14-12(11-20)15-17(22-15)16(13(14)21)24-26(9,10)19(4,5)6/h12-17,20-21H,11H2,1-10H3/t12-,13+,14-,15-,16-,17-/m1/s1. The zero-order valence-electron chi connectivity index (χ0n) is 18.3. The molecular formula is C19H40O5Si2. The van der Waals surface area contributed by atoms with Gasteiger partial charge in [-0.3, -0.25) is 0 Å². The Bertz CT molecular complexity index is 509. The molecule has 1 saturated heterocycles. The van der Waals surface area contributed by atoms with Gasteiger partial charge in [-0.15, -0.1) is 0 Å². The summed E-state index contributed by atoms with van der Waals surface area (Å²) in [4.78, 5) is 0. The molecule has 2 N–H and O–H groups in total. The molecule has 7 heteroatoms. The van der Waals surface area contributed by atoms with Crippen molar-refractivity contribution in [2.75, 3.05) is 6.61 Å². The molecular weight excluding hydrogens is 364 g/mol. The highest BCUT2D eigenvalue weighted by Gasteiger charge is 2.63. The second kappa shape index (κ2) is 6.93. The number of epoxide rings is 1. The largest absolute Gasteiger partial charge is 0.411 e. The van der Waals surface area contributed by atoms with Gasteiger partial charge in [-0.2, -0.15) is 0 Å². The van der Waals surface area contributed by atoms with Crippen LogP contribution in [0.1, 0.15) is 41.5 Å². The van der Waals surface area contributed by atoms with Gasteiger partial charge in [-0.1, -0.05) is 41.5 Å². The van der Waals surface area contributed by atoms with Crippen molar-refractivity contribution in [2.45, 2.75) is 108 Å². The Hall–Kier alpha value is 0.234. The molecule has 1 saturated carbocycles. The van der Waals surface area contributed by atoms with Crippen LogP contribution in [0.15, 0.2) is 0 Å². The first-order chi connectivity index (χ1) is 11.5. The SMILES string of the molecule is CC(C)(C)[Si](C)(C)O[C@@H]1[C@@H](O)[C@H](O[Si](C)(C)C(C)(C)C)[C@@H](CO)[C@H]2O[C@@H]12. The molecule has 6 atom stereocenters. The quantitative estimate of drug-likeness (QED) is 0.542. The molecule has 0 spiro atoms. The van der Waals surface area contributed by atoms with Crippen molar-refractivity contribution in [2.24, 2.45) is 5.92 Å². The van der Waals surface area contributed by atoms with Crippen molar-refractivity contribution in [1.82, 2.24) is 0 Å². The van der Waals surface area contributed by atoms with Gasteiger partial charge in [-0.05, 0) is 36.3 Å². The topological polar surface area (TPSA) is 71.5 Å². The van der Waals surface area contributed by atoms with Gasteiger partial charge >= 0.3 is 0 Å². The van der Waals surface area contributed by atoms with Gasteiger partial charge in [0.2, 0.25) is 0 Å². The monoisotopic (exact) mass is 404 g/mol. The second-order valence-electron chi connectivity index (χ2n) is 11.1. The van der Waals surface area contributed by atoms with Crippen molar-refractivity contribution in [1.29, 1.82) is 0 Å². The lowest BCUT2D eigenvalue weighted by Gasteiger charge is -2.47. The summed E-state index contributed by atoms with van der Waals surface area (Å²) >= 11 is 0. The molecule has 0 unspecified atom stereocenters. The summed E-state index contributed by atoms with van der Waals surface area (Å²) in [6, 6.07) is 0. The Labute approximate surface area is 161 Å². The Morgan fingerprint density at radius 1 is 0.808 bits per heavy atom. The maximum Gasteiger partial charge on any atom is 0.192 e. The van der Waals surface area contributed by atoms with Gasteiger partial charge in [0.25, 0.3) is 0 Å². The minimum absolute atomic E-state index is 0.0315. The van der Waals surface area contributed by atoms with E-state index in [4.69, 9.17) is 13.6 Å². The molecule has 0 amide bonds. The zero-order chi connectivity index (χ0) is 20.3. The molecule has 0 aromatic carbocycles. The molecule has 1 aliphatic heterocycles. The third-order valence-electron chi connectivity index (χ3n) is 7.09. The smallest absolute Gasteiger partial charge is 0.192 e. The molecule has 0 radical (unpaired) electrons. The summed E-state index contributed by atoms with van der Waals surface area (Å²) in [5.74, 6) is -0.191. The van der Waals surface area contributed by atoms with Crippen molar-refractivity contribution >= 4 is 16.6 Å². The lowest BCUT2D eigenvalue weighted by atomic mass is 9.83. The van der Waals surface area contributed by atoms with Crippen LogP contribution < -0.4 is 0 Å². The van der Waals surface area contributed by atoms with Crippen LogP contribution in [0.3, 0.4) is 0 Å². The van der Waals surface area contributed by atoms with E-state index < -0.39 is 28.8 Å². The number of aliphatic hydroxyl groups excluding tert-OH is 2. The van der Waals surface area contributed by atoms with E-state index in [0.717, 1.165) is 0 Å². The van der Waals surface area contributed by atoms with Crippen molar-refractivity contribution in [3.05, 3.63) is 0 Å². The first kappa shape index (κ1) is 22.5. The van der Waals surface area contributed by atoms with E-state index >= 15 is 0 Å². The maximum atomic E-state index is 11.2. The minimum Gasteiger partial charge on any atom is -0.411 e. The summed E-state index contributed by atoms with van der Waals surface area (Å²) in [6.45, 7) is 21.8. The second-order valence-corrected chi connectivity index (χ2v) is 20.6. The fourth-order valence-electron chi connectivity index (χ4n) is 3.10. The molecule has 1 heterocycles. The van der Waals surface area contributed by atoms with E-state index in [1.54, 1.807) is 0 Å². The highest BCUT2D eigenvalue weighted by atomic mass is 28.4. The lowest BCUT2D eigenvalue weighted by Crippen LogP contribution is -2.61. The van der Waals surface area contributed by atoms with Crippen LogP contribution in [-0.2, 0) is 13.6 Å². The van der Waals surface area contributed by atoms with Crippen molar-refractivity contribution < 1.29 is 23.8 Å². The molecule has 2 rings (SSSR count). The minimum atomic E-state index is -2.10. The molecule has 5 nitrogen and oxygen atoms in total. The third kappa shape index (κ3) is 4.14. The van der Waals surface area contributed by atoms with Crippen LogP contribution in [0, 0.1) is 5.92 Å². The molecule has 1 aliphatic carbocycles. The van der Waals surface area contributed by atoms with Crippen molar-refractivity contribution in [3.8, 4) is 0 Å². The van der Waals surface area contributed by atoms with E-state index in [1.165, 1.54) is 0 Å². The number of hydrogen-bond donors (Lipinski definition) is 2. The average Bonchev–Trinajstić information content (AvgIpc) is 3.21. The third-order valence-corrected chi connectivity index (χ3v) is 16.0. The predicted molar refractivity (Wildman–Crippen MR) is 109 cm³/mol. The fourth-order valence-corrected chi connectivity index (χ4v) is 5.76. The van der Waals surface area contributed by atoms with Crippen LogP contribution in [0.5, 0.6) is 0 Å². The highest BCUT2D eigenvalue weighted by molar-refractivity contribution is 6.74. The van der Waals surface area contributed by atoms with Crippen LogP contribution in [0.25, 0.3) is 0 Å². The normalized spacial score (nSPS) is 36.0. The molecule has 0 bridgehead atoms. The zero-order valence-corrected chi connectivity index (χ0v) is 20.3. The maximum absolute atomic E-state index is 11.2. The van der Waals surface area contributed by atoms with Gasteiger partial charge in [0.15, 0.2) is 16.6 Å². The molecule has 0 aromatic heterocycles. The summed E-state index contributed by atoms with van der Waals surface area (Å²) in [7, 11) is -4.15. The highest BCUT2D eigenvalue weighted by Crippen LogP contribution is 2.49. The van der Waals surface area contributed by atoms with E-state index in [9.17, 15) is 10.2 Å². The Morgan fingerprint density at radius 3 is 1.62 bits per heavy atom. The number of ether oxygens (including phenoxy) is 1. The average molecular weight is 405 g/mol. The summed E-state index contributed by atoms with van der Waals surface area (Å²) < 4.78 is 19.0. The Morgan fingerprint density at radius 2 is 1.23 bits per heavy atom. The van der Waals surface area contributed by atoms with Crippen LogP contribution in [0.2, 0.25) is 36.3 Å². The van der Waals surface area contributed by atoms with E-state index in [0.29, 0.717) is 0 Å². The van der Waals surface area contributed by atoms with Gasteiger partial charge < -0.3 is 23.8 Å². The number of fused-ring (bicyclic) bond motifs is 1. The number of aliphatic hydroxyl groups is 2. The van der Waals surface area contributed by atoms with Crippen LogP contribution in [-0.4, -0.2) is 64.0 Å². The molecule has 2 fully saturated rings. The Kier molecular flexibility index (Phi) is 6.01. The number of rotatable bonds is 5. The summed E-state index contributed by atoms with van der Waals surface area (Å²) in [5, 5.41) is 21.2. The first-order valence-corrected chi connectivity index (χ1v) is 15.7.